The third-order valence-electron chi connectivity index (χ3n) is 3.07. The molecule has 0 saturated carbocycles. The van der Waals surface area contributed by atoms with Crippen LogP contribution in [-0.4, -0.2) is 21.7 Å². The van der Waals surface area contributed by atoms with Crippen molar-refractivity contribution in [3.05, 3.63) is 47.5 Å². The highest BCUT2D eigenvalue weighted by molar-refractivity contribution is 5.60. The van der Waals surface area contributed by atoms with Crippen molar-refractivity contribution >= 4 is 5.69 Å². The molecule has 5 heteroatoms. The maximum absolute atomic E-state index is 9.19. The van der Waals surface area contributed by atoms with Crippen LogP contribution in [0.3, 0.4) is 0 Å². The molecule has 0 radical (unpaired) electrons. The minimum absolute atomic E-state index is 0.0575. The number of anilines is 1. The van der Waals surface area contributed by atoms with Gasteiger partial charge in [0.05, 0.1) is 24.4 Å². The number of rotatable bonds is 4. The van der Waals surface area contributed by atoms with Gasteiger partial charge in [0.15, 0.2) is 0 Å². The van der Waals surface area contributed by atoms with E-state index in [1.165, 1.54) is 0 Å². The van der Waals surface area contributed by atoms with E-state index in [1.54, 1.807) is 12.3 Å². The molecule has 0 unspecified atom stereocenters. The van der Waals surface area contributed by atoms with E-state index in [0.29, 0.717) is 12.1 Å². The van der Waals surface area contributed by atoms with E-state index in [2.05, 4.69) is 11.1 Å². The number of hydrogen-bond acceptors (Lipinski definition) is 4. The number of imidazole rings is 1. The molecule has 0 atom stereocenters. The van der Waals surface area contributed by atoms with Crippen LogP contribution in [0.2, 0.25) is 0 Å². The molecule has 5 nitrogen and oxygen atoms in total. The molecule has 1 aromatic carbocycles. The van der Waals surface area contributed by atoms with Gasteiger partial charge in [-0.15, -0.1) is 0 Å². The number of aliphatic hydroxyl groups is 1. The highest BCUT2D eigenvalue weighted by Crippen LogP contribution is 2.21. The highest BCUT2D eigenvalue weighted by atomic mass is 16.3. The van der Waals surface area contributed by atoms with Crippen LogP contribution in [0.25, 0.3) is 0 Å². The van der Waals surface area contributed by atoms with E-state index < -0.39 is 0 Å². The van der Waals surface area contributed by atoms with E-state index in [0.717, 1.165) is 17.1 Å². The van der Waals surface area contributed by atoms with Crippen molar-refractivity contribution in [2.45, 2.75) is 13.2 Å². The van der Waals surface area contributed by atoms with Crippen LogP contribution in [0.15, 0.2) is 30.6 Å². The van der Waals surface area contributed by atoms with Gasteiger partial charge in [-0.3, -0.25) is 0 Å². The standard InChI is InChI=1S/C14H16N4O/c1-17-6-5-16-14(17)9-18(2)13-4-3-11(10-19)7-12(13)8-15/h3-7,19H,9-10H2,1-2H3. The van der Waals surface area contributed by atoms with Gasteiger partial charge in [0.1, 0.15) is 11.9 Å². The fraction of sp³-hybridized carbons (Fsp3) is 0.286. The van der Waals surface area contributed by atoms with Crippen LogP contribution < -0.4 is 4.90 Å². The third kappa shape index (κ3) is 2.75. The summed E-state index contributed by atoms with van der Waals surface area (Å²) < 4.78 is 1.95. The first-order chi connectivity index (χ1) is 9.15. The molecular formula is C14H16N4O. The summed E-state index contributed by atoms with van der Waals surface area (Å²) in [5.41, 5.74) is 2.14. The molecule has 0 spiro atoms. The number of nitrogens with zero attached hydrogens (tertiary/aromatic N) is 4. The smallest absolute Gasteiger partial charge is 0.127 e. The second-order valence-corrected chi connectivity index (χ2v) is 4.43. The summed E-state index contributed by atoms with van der Waals surface area (Å²) >= 11 is 0. The van der Waals surface area contributed by atoms with Crippen LogP contribution in [-0.2, 0) is 20.2 Å². The Bertz CT molecular complexity index is 612. The third-order valence-corrected chi connectivity index (χ3v) is 3.07. The van der Waals surface area contributed by atoms with E-state index in [4.69, 9.17) is 5.11 Å². The number of aryl methyl sites for hydroxylation is 1. The molecule has 0 aliphatic heterocycles. The Balaban J connectivity index is 2.26. The molecule has 1 N–H and O–H groups in total. The lowest BCUT2D eigenvalue weighted by Crippen LogP contribution is -2.20. The Morgan fingerprint density at radius 3 is 2.84 bits per heavy atom. The molecule has 0 saturated heterocycles. The van der Waals surface area contributed by atoms with Crippen molar-refractivity contribution in [2.24, 2.45) is 7.05 Å². The predicted molar refractivity (Wildman–Crippen MR) is 72.4 cm³/mol. The van der Waals surface area contributed by atoms with Gasteiger partial charge in [-0.25, -0.2) is 4.98 Å². The molecule has 98 valence electrons. The van der Waals surface area contributed by atoms with Crippen LogP contribution in [0.1, 0.15) is 17.0 Å². The minimum Gasteiger partial charge on any atom is -0.392 e. The molecule has 0 amide bonds. The lowest BCUT2D eigenvalue weighted by atomic mass is 10.1. The van der Waals surface area contributed by atoms with Gasteiger partial charge in [0.2, 0.25) is 0 Å². The maximum Gasteiger partial charge on any atom is 0.127 e. The van der Waals surface area contributed by atoms with Gasteiger partial charge < -0.3 is 14.6 Å². The van der Waals surface area contributed by atoms with E-state index in [1.807, 2.05) is 41.9 Å². The van der Waals surface area contributed by atoms with Gasteiger partial charge in [-0.2, -0.15) is 5.26 Å². The van der Waals surface area contributed by atoms with Crippen molar-refractivity contribution < 1.29 is 5.11 Å². The zero-order chi connectivity index (χ0) is 13.8. The Kier molecular flexibility index (Phi) is 3.83. The molecular weight excluding hydrogens is 240 g/mol. The molecule has 0 aliphatic carbocycles. The quantitative estimate of drug-likeness (QED) is 0.898. The monoisotopic (exact) mass is 256 g/mol. The van der Waals surface area contributed by atoms with E-state index in [-0.39, 0.29) is 6.61 Å². The van der Waals surface area contributed by atoms with E-state index >= 15 is 0 Å². The zero-order valence-electron chi connectivity index (χ0n) is 11.0. The Labute approximate surface area is 112 Å². The molecule has 19 heavy (non-hydrogen) atoms. The normalized spacial score (nSPS) is 10.2. The van der Waals surface area contributed by atoms with Crippen molar-refractivity contribution in [1.82, 2.24) is 9.55 Å². The van der Waals surface area contributed by atoms with Crippen LogP contribution in [0.4, 0.5) is 5.69 Å². The van der Waals surface area contributed by atoms with Gasteiger partial charge in [0, 0.05) is 26.5 Å². The van der Waals surface area contributed by atoms with Crippen LogP contribution in [0, 0.1) is 11.3 Å². The fourth-order valence-corrected chi connectivity index (χ4v) is 1.95. The molecule has 0 bridgehead atoms. The molecule has 0 fully saturated rings. The van der Waals surface area contributed by atoms with Gasteiger partial charge in [-0.1, -0.05) is 6.07 Å². The summed E-state index contributed by atoms with van der Waals surface area (Å²) in [5, 5.41) is 18.3. The molecule has 0 aliphatic rings. The average molecular weight is 256 g/mol. The summed E-state index contributed by atoms with van der Waals surface area (Å²) in [5.74, 6) is 0.928. The van der Waals surface area contributed by atoms with Gasteiger partial charge in [0.25, 0.3) is 0 Å². The molecule has 2 rings (SSSR count). The Morgan fingerprint density at radius 1 is 1.47 bits per heavy atom. The summed E-state index contributed by atoms with van der Waals surface area (Å²) in [7, 11) is 3.86. The SMILES string of the molecule is CN(Cc1nccn1C)c1ccc(CO)cc1C#N. The second kappa shape index (κ2) is 5.55. The molecule has 1 aromatic heterocycles. The van der Waals surface area contributed by atoms with Crippen LogP contribution >= 0.6 is 0 Å². The summed E-state index contributed by atoms with van der Waals surface area (Å²) in [6.07, 6.45) is 3.65. The summed E-state index contributed by atoms with van der Waals surface area (Å²) in [6, 6.07) is 7.56. The zero-order valence-corrected chi connectivity index (χ0v) is 11.0. The minimum atomic E-state index is -0.0575. The Hall–Kier alpha value is -2.32. The first-order valence-electron chi connectivity index (χ1n) is 5.97. The fourth-order valence-electron chi connectivity index (χ4n) is 1.95. The van der Waals surface area contributed by atoms with Crippen LogP contribution in [0.5, 0.6) is 0 Å². The largest absolute Gasteiger partial charge is 0.392 e. The predicted octanol–water partition coefficient (Wildman–Crippen LogP) is 1.42. The molecule has 1 heterocycles. The summed E-state index contributed by atoms with van der Waals surface area (Å²) in [6.45, 7) is 0.564. The van der Waals surface area contributed by atoms with Gasteiger partial charge in [-0.05, 0) is 17.7 Å². The number of aliphatic hydroxyl groups excluding tert-OH is 1. The average Bonchev–Trinajstić information content (AvgIpc) is 2.83. The summed E-state index contributed by atoms with van der Waals surface area (Å²) in [4.78, 5) is 6.24. The lowest BCUT2D eigenvalue weighted by molar-refractivity contribution is 0.282. The number of hydrogen-bond donors (Lipinski definition) is 1. The van der Waals surface area contributed by atoms with Crippen molar-refractivity contribution in [1.29, 1.82) is 5.26 Å². The first-order valence-corrected chi connectivity index (χ1v) is 5.97. The maximum atomic E-state index is 9.19. The first kappa shape index (κ1) is 13.1. The second-order valence-electron chi connectivity index (χ2n) is 4.43. The highest BCUT2D eigenvalue weighted by Gasteiger charge is 2.10. The lowest BCUT2D eigenvalue weighted by Gasteiger charge is -2.20. The molecule has 2 aromatic rings. The van der Waals surface area contributed by atoms with E-state index in [9.17, 15) is 5.26 Å². The topological polar surface area (TPSA) is 65.1 Å². The number of nitriles is 1. The number of aromatic nitrogens is 2. The van der Waals surface area contributed by atoms with Crippen molar-refractivity contribution in [3.63, 3.8) is 0 Å². The van der Waals surface area contributed by atoms with Crippen molar-refractivity contribution in [2.75, 3.05) is 11.9 Å². The van der Waals surface area contributed by atoms with Gasteiger partial charge >= 0.3 is 0 Å². The van der Waals surface area contributed by atoms with Crippen molar-refractivity contribution in [3.8, 4) is 6.07 Å². The Morgan fingerprint density at radius 2 is 2.26 bits per heavy atom. The number of benzene rings is 1.